The van der Waals surface area contributed by atoms with Crippen LogP contribution in [0.3, 0.4) is 0 Å². The van der Waals surface area contributed by atoms with Gasteiger partial charge in [0.05, 0.1) is 7.11 Å². The third kappa shape index (κ3) is 5.29. The molecule has 3 atom stereocenters. The lowest BCUT2D eigenvalue weighted by molar-refractivity contribution is -0.178. The van der Waals surface area contributed by atoms with Crippen LogP contribution in [-0.4, -0.2) is 49.8 Å². The van der Waals surface area contributed by atoms with Crippen LogP contribution in [0.25, 0.3) is 0 Å². The van der Waals surface area contributed by atoms with Crippen LogP contribution in [0.5, 0.6) is 0 Å². The first kappa shape index (κ1) is 18.4. The number of carbonyl (C=O) groups is 3. The molecule has 1 aliphatic rings. The fraction of sp³-hybridized carbons (Fsp3) is 0.800. The number of ether oxygens (including phenoxy) is 3. The van der Waals surface area contributed by atoms with Gasteiger partial charge in [0.25, 0.3) is 0 Å². The molecular weight excluding hydrogens is 290 g/mol. The molecule has 0 saturated carbocycles. The minimum atomic E-state index is -1.06. The van der Waals surface area contributed by atoms with E-state index in [1.54, 1.807) is 20.8 Å². The topological polar surface area (TPSA) is 90.9 Å². The summed E-state index contributed by atoms with van der Waals surface area (Å²) in [5, 5.41) is 3.11. The molecule has 0 aliphatic carbocycles. The van der Waals surface area contributed by atoms with Gasteiger partial charge < -0.3 is 19.5 Å². The Labute approximate surface area is 130 Å². The van der Waals surface area contributed by atoms with E-state index < -0.39 is 35.5 Å². The van der Waals surface area contributed by atoms with Gasteiger partial charge in [-0.25, -0.2) is 4.79 Å². The Hall–Kier alpha value is -1.63. The van der Waals surface area contributed by atoms with Crippen LogP contribution < -0.4 is 5.32 Å². The molecule has 126 valence electrons. The Morgan fingerprint density at radius 2 is 1.77 bits per heavy atom. The summed E-state index contributed by atoms with van der Waals surface area (Å²) in [4.78, 5) is 36.0. The highest BCUT2D eigenvalue weighted by Gasteiger charge is 2.41. The van der Waals surface area contributed by atoms with Gasteiger partial charge in [0, 0.05) is 0 Å². The zero-order valence-electron chi connectivity index (χ0n) is 13.8. The Morgan fingerprint density at radius 3 is 2.23 bits per heavy atom. The molecule has 0 unspecified atom stereocenters. The van der Waals surface area contributed by atoms with Gasteiger partial charge in [0.1, 0.15) is 5.60 Å². The third-order valence-electron chi connectivity index (χ3n) is 3.31. The molecule has 0 spiro atoms. The lowest BCUT2D eigenvalue weighted by atomic mass is 9.91. The van der Waals surface area contributed by atoms with Crippen molar-refractivity contribution < 1.29 is 28.6 Å². The van der Waals surface area contributed by atoms with Crippen molar-refractivity contribution in [2.75, 3.05) is 20.2 Å². The number of esters is 3. The number of hydrogen-bond acceptors (Lipinski definition) is 7. The van der Waals surface area contributed by atoms with Gasteiger partial charge in [-0.05, 0) is 53.1 Å². The van der Waals surface area contributed by atoms with E-state index in [1.165, 1.54) is 14.0 Å². The quantitative estimate of drug-likeness (QED) is 0.452. The Balaban J connectivity index is 2.83. The largest absolute Gasteiger partial charge is 0.466 e. The molecule has 0 aromatic carbocycles. The van der Waals surface area contributed by atoms with Crippen molar-refractivity contribution in [1.82, 2.24) is 5.32 Å². The number of methoxy groups -OCH3 is 1. The number of rotatable bonds is 5. The molecule has 1 saturated heterocycles. The summed E-state index contributed by atoms with van der Waals surface area (Å²) in [5.74, 6) is -3.28. The average Bonchev–Trinajstić information content (AvgIpc) is 2.89. The number of nitrogens with one attached hydrogen (secondary N) is 1. The molecule has 0 amide bonds. The normalized spacial score (nSPS) is 20.9. The van der Waals surface area contributed by atoms with Crippen molar-refractivity contribution >= 4 is 17.9 Å². The zero-order chi connectivity index (χ0) is 16.9. The van der Waals surface area contributed by atoms with Gasteiger partial charge in [-0.2, -0.15) is 0 Å². The molecule has 0 aromatic heterocycles. The van der Waals surface area contributed by atoms with Crippen LogP contribution in [0.4, 0.5) is 0 Å². The molecule has 1 rings (SSSR count). The summed E-state index contributed by atoms with van der Waals surface area (Å²) < 4.78 is 14.9. The minimum absolute atomic E-state index is 0.202. The molecule has 0 bridgehead atoms. The summed E-state index contributed by atoms with van der Waals surface area (Å²) in [7, 11) is 1.21. The number of carbonyl (C=O) groups excluding carboxylic acids is 3. The van der Waals surface area contributed by atoms with Crippen molar-refractivity contribution in [3.63, 3.8) is 0 Å². The van der Waals surface area contributed by atoms with Gasteiger partial charge in [0.2, 0.25) is 0 Å². The maximum Gasteiger partial charge on any atom is 0.346 e. The maximum atomic E-state index is 12.3. The van der Waals surface area contributed by atoms with Crippen molar-refractivity contribution in [2.45, 2.75) is 45.8 Å². The minimum Gasteiger partial charge on any atom is -0.466 e. The summed E-state index contributed by atoms with van der Waals surface area (Å²) >= 11 is 0. The first-order valence-electron chi connectivity index (χ1n) is 7.37. The van der Waals surface area contributed by atoms with E-state index in [0.717, 1.165) is 6.54 Å². The van der Waals surface area contributed by atoms with Gasteiger partial charge in [-0.15, -0.1) is 0 Å². The highest BCUT2D eigenvalue weighted by Crippen LogP contribution is 2.25. The van der Waals surface area contributed by atoms with Crippen molar-refractivity contribution in [3.05, 3.63) is 0 Å². The highest BCUT2D eigenvalue weighted by atomic mass is 16.6. The smallest absolute Gasteiger partial charge is 0.346 e. The summed E-state index contributed by atoms with van der Waals surface area (Å²) in [6.07, 6.45) is -0.386. The Bertz CT molecular complexity index is 422. The van der Waals surface area contributed by atoms with Crippen LogP contribution in [0.15, 0.2) is 0 Å². The predicted molar refractivity (Wildman–Crippen MR) is 77.9 cm³/mol. The van der Waals surface area contributed by atoms with Crippen molar-refractivity contribution in [1.29, 1.82) is 0 Å². The maximum absolute atomic E-state index is 12.3. The van der Waals surface area contributed by atoms with E-state index in [2.05, 4.69) is 10.1 Å². The van der Waals surface area contributed by atoms with E-state index in [4.69, 9.17) is 9.47 Å². The molecule has 1 aliphatic heterocycles. The van der Waals surface area contributed by atoms with Gasteiger partial charge >= 0.3 is 17.9 Å². The second-order valence-corrected chi connectivity index (χ2v) is 6.37. The van der Waals surface area contributed by atoms with E-state index in [0.29, 0.717) is 13.0 Å². The van der Waals surface area contributed by atoms with Crippen LogP contribution in [0.1, 0.15) is 34.1 Å². The SMILES string of the molecule is COC(=O)[C@@H](C)OC(=O)[C@H](C(=O)OC(C)(C)C)[C@H]1CCNC1. The van der Waals surface area contributed by atoms with Crippen LogP contribution in [-0.2, 0) is 28.6 Å². The molecular formula is C15H25NO6. The van der Waals surface area contributed by atoms with Crippen molar-refractivity contribution in [3.8, 4) is 0 Å². The van der Waals surface area contributed by atoms with E-state index >= 15 is 0 Å². The number of hydrogen-bond donors (Lipinski definition) is 1. The summed E-state index contributed by atoms with van der Waals surface area (Å²) in [6, 6.07) is 0. The lowest BCUT2D eigenvalue weighted by Gasteiger charge is -2.26. The monoisotopic (exact) mass is 315 g/mol. The second-order valence-electron chi connectivity index (χ2n) is 6.37. The van der Waals surface area contributed by atoms with E-state index in [9.17, 15) is 14.4 Å². The molecule has 7 heteroatoms. The first-order valence-corrected chi connectivity index (χ1v) is 7.37. The molecule has 1 fully saturated rings. The Morgan fingerprint density at radius 1 is 1.14 bits per heavy atom. The molecule has 0 radical (unpaired) electrons. The average molecular weight is 315 g/mol. The summed E-state index contributed by atoms with van der Waals surface area (Å²) in [5.41, 5.74) is -0.699. The molecule has 7 nitrogen and oxygen atoms in total. The standard InChI is InChI=1S/C15H25NO6/c1-9(12(17)20-5)21-13(18)11(10-6-7-16-8-10)14(19)22-15(2,3)4/h9-11,16H,6-8H2,1-5H3/t9-,10+,11-/m1/s1. The van der Waals surface area contributed by atoms with E-state index in [1.807, 2.05) is 0 Å². The molecule has 22 heavy (non-hydrogen) atoms. The fourth-order valence-corrected chi connectivity index (χ4v) is 2.27. The lowest BCUT2D eigenvalue weighted by Crippen LogP contribution is -2.40. The fourth-order valence-electron chi connectivity index (χ4n) is 2.27. The summed E-state index contributed by atoms with van der Waals surface area (Å²) in [6.45, 7) is 7.87. The molecule has 1 N–H and O–H groups in total. The van der Waals surface area contributed by atoms with Crippen molar-refractivity contribution in [2.24, 2.45) is 11.8 Å². The van der Waals surface area contributed by atoms with E-state index in [-0.39, 0.29) is 5.92 Å². The molecule has 1 heterocycles. The third-order valence-corrected chi connectivity index (χ3v) is 3.31. The first-order chi connectivity index (χ1) is 10.2. The highest BCUT2D eigenvalue weighted by molar-refractivity contribution is 5.96. The van der Waals surface area contributed by atoms with Crippen LogP contribution >= 0.6 is 0 Å². The predicted octanol–water partition coefficient (Wildman–Crippen LogP) is 0.659. The van der Waals surface area contributed by atoms with Gasteiger partial charge in [-0.1, -0.05) is 0 Å². The van der Waals surface area contributed by atoms with Gasteiger partial charge in [-0.3, -0.25) is 9.59 Å². The zero-order valence-corrected chi connectivity index (χ0v) is 13.8. The molecule has 0 aromatic rings. The van der Waals surface area contributed by atoms with Gasteiger partial charge in [0.15, 0.2) is 12.0 Å². The second kappa shape index (κ2) is 7.58. The van der Waals surface area contributed by atoms with Crippen LogP contribution in [0.2, 0.25) is 0 Å². The Kier molecular flexibility index (Phi) is 6.34. The van der Waals surface area contributed by atoms with Crippen LogP contribution in [0, 0.1) is 11.8 Å².